The molecule has 2 aliphatic rings. The zero-order valence-corrected chi connectivity index (χ0v) is 19.6. The van der Waals surface area contributed by atoms with Gasteiger partial charge in [0.2, 0.25) is 5.91 Å². The number of carbonyl (C=O) groups excluding carboxylic acids is 1. The lowest BCUT2D eigenvalue weighted by atomic mass is 9.87. The summed E-state index contributed by atoms with van der Waals surface area (Å²) in [5, 5.41) is 4.79. The van der Waals surface area contributed by atoms with Crippen molar-refractivity contribution >= 4 is 16.9 Å². The third kappa shape index (κ3) is 4.28. The maximum Gasteiger partial charge on any atom is 0.248 e. The van der Waals surface area contributed by atoms with Gasteiger partial charge < -0.3 is 24.7 Å². The van der Waals surface area contributed by atoms with E-state index in [9.17, 15) is 4.79 Å². The standard InChI is InChI=1S/C26H32N4O3/c1-16(2)22-12-29-26-21(22)10-19(11-28-26)18-8-17-4-6-30(25(31)15-32-3)13-23(17)20(9-18)24-14-33-7-5-27-24/h8-12,16,24,27H,4-7,13-15H2,1-3H3,(H,28,29). The van der Waals surface area contributed by atoms with Gasteiger partial charge in [0.25, 0.3) is 0 Å². The Labute approximate surface area is 194 Å². The second-order valence-electron chi connectivity index (χ2n) is 9.30. The van der Waals surface area contributed by atoms with Gasteiger partial charge in [-0.3, -0.25) is 4.79 Å². The molecule has 1 unspecified atom stereocenters. The Morgan fingerprint density at radius 2 is 2.18 bits per heavy atom. The average molecular weight is 449 g/mol. The van der Waals surface area contributed by atoms with E-state index in [1.807, 2.05) is 11.1 Å². The quantitative estimate of drug-likeness (QED) is 0.624. The Morgan fingerprint density at radius 1 is 1.30 bits per heavy atom. The van der Waals surface area contributed by atoms with Crippen molar-refractivity contribution in [3.05, 3.63) is 52.8 Å². The summed E-state index contributed by atoms with van der Waals surface area (Å²) >= 11 is 0. The third-order valence-corrected chi connectivity index (χ3v) is 6.81. The van der Waals surface area contributed by atoms with Crippen LogP contribution in [0.15, 0.2) is 30.6 Å². The summed E-state index contributed by atoms with van der Waals surface area (Å²) < 4.78 is 10.9. The Bertz CT molecular complexity index is 1160. The Morgan fingerprint density at radius 3 is 2.94 bits per heavy atom. The number of hydrogen-bond acceptors (Lipinski definition) is 5. The molecule has 2 N–H and O–H groups in total. The van der Waals surface area contributed by atoms with Crippen molar-refractivity contribution in [2.45, 2.75) is 38.8 Å². The highest BCUT2D eigenvalue weighted by Gasteiger charge is 2.27. The minimum atomic E-state index is 0.0364. The topological polar surface area (TPSA) is 79.5 Å². The molecule has 5 rings (SSSR count). The summed E-state index contributed by atoms with van der Waals surface area (Å²) in [7, 11) is 1.57. The molecule has 0 radical (unpaired) electrons. The van der Waals surface area contributed by atoms with Gasteiger partial charge >= 0.3 is 0 Å². The Kier molecular flexibility index (Phi) is 6.19. The van der Waals surface area contributed by atoms with Crippen LogP contribution in [0.25, 0.3) is 22.2 Å². The van der Waals surface area contributed by atoms with Gasteiger partial charge in [0, 0.05) is 50.1 Å². The predicted octanol–water partition coefficient (Wildman–Crippen LogP) is 3.55. The van der Waals surface area contributed by atoms with Gasteiger partial charge in [-0.15, -0.1) is 0 Å². The normalized spacial score (nSPS) is 18.7. The van der Waals surface area contributed by atoms with E-state index in [0.717, 1.165) is 36.3 Å². The third-order valence-electron chi connectivity index (χ3n) is 6.81. The number of methoxy groups -OCH3 is 1. The number of morpholine rings is 1. The number of benzene rings is 1. The number of hydrogen-bond donors (Lipinski definition) is 2. The lowest BCUT2D eigenvalue weighted by Gasteiger charge is -2.34. The molecule has 0 spiro atoms. The monoisotopic (exact) mass is 448 g/mol. The van der Waals surface area contributed by atoms with Crippen LogP contribution in [0.2, 0.25) is 0 Å². The Balaban J connectivity index is 1.58. The van der Waals surface area contributed by atoms with Crippen molar-refractivity contribution in [2.24, 2.45) is 0 Å². The maximum absolute atomic E-state index is 12.5. The predicted molar refractivity (Wildman–Crippen MR) is 128 cm³/mol. The van der Waals surface area contributed by atoms with E-state index in [4.69, 9.17) is 14.5 Å². The van der Waals surface area contributed by atoms with E-state index >= 15 is 0 Å². The largest absolute Gasteiger partial charge is 0.378 e. The highest BCUT2D eigenvalue weighted by Crippen LogP contribution is 2.35. The van der Waals surface area contributed by atoms with Crippen molar-refractivity contribution in [2.75, 3.05) is 40.0 Å². The summed E-state index contributed by atoms with van der Waals surface area (Å²) in [5.74, 6) is 0.462. The van der Waals surface area contributed by atoms with E-state index < -0.39 is 0 Å². The van der Waals surface area contributed by atoms with Crippen molar-refractivity contribution in [1.29, 1.82) is 0 Å². The van der Waals surface area contributed by atoms with Crippen LogP contribution in [0.3, 0.4) is 0 Å². The number of aromatic nitrogens is 2. The first kappa shape index (κ1) is 22.1. The molecule has 1 amide bonds. The van der Waals surface area contributed by atoms with Gasteiger partial charge in [0.05, 0.1) is 19.3 Å². The average Bonchev–Trinajstić information content (AvgIpc) is 3.27. The number of fused-ring (bicyclic) bond motifs is 2. The summed E-state index contributed by atoms with van der Waals surface area (Å²) in [6.45, 7) is 8.03. The molecule has 1 aromatic carbocycles. The number of pyridine rings is 1. The number of aromatic amines is 1. The molecule has 0 aliphatic carbocycles. The molecule has 1 atom stereocenters. The van der Waals surface area contributed by atoms with Crippen molar-refractivity contribution in [3.8, 4) is 11.1 Å². The van der Waals surface area contributed by atoms with E-state index in [1.54, 1.807) is 7.11 Å². The van der Waals surface area contributed by atoms with Gasteiger partial charge in [-0.2, -0.15) is 0 Å². The smallest absolute Gasteiger partial charge is 0.248 e. The van der Waals surface area contributed by atoms with Crippen LogP contribution < -0.4 is 5.32 Å². The molecule has 2 aliphatic heterocycles. The first-order chi connectivity index (χ1) is 16.0. The summed E-state index contributed by atoms with van der Waals surface area (Å²) in [4.78, 5) is 22.4. The van der Waals surface area contributed by atoms with Crippen LogP contribution in [0.5, 0.6) is 0 Å². The molecule has 33 heavy (non-hydrogen) atoms. The van der Waals surface area contributed by atoms with E-state index in [2.05, 4.69) is 48.5 Å². The van der Waals surface area contributed by atoms with E-state index in [1.165, 1.54) is 27.6 Å². The maximum atomic E-state index is 12.5. The number of H-pyrrole nitrogens is 1. The second kappa shape index (κ2) is 9.25. The first-order valence-corrected chi connectivity index (χ1v) is 11.8. The SMILES string of the molecule is COCC(=O)N1CCc2cc(-c3cnc4[nH]cc(C(C)C)c4c3)cc(C3COCCN3)c2C1. The molecule has 7 nitrogen and oxygen atoms in total. The van der Waals surface area contributed by atoms with Crippen LogP contribution in [0.4, 0.5) is 0 Å². The fourth-order valence-corrected chi connectivity index (χ4v) is 5.03. The van der Waals surface area contributed by atoms with E-state index in [-0.39, 0.29) is 18.6 Å². The molecule has 1 fully saturated rings. The van der Waals surface area contributed by atoms with E-state index in [0.29, 0.717) is 25.6 Å². The molecular formula is C26H32N4O3. The fraction of sp³-hybridized carbons (Fsp3) is 0.462. The number of carbonyl (C=O) groups is 1. The molecule has 1 saturated heterocycles. The van der Waals surface area contributed by atoms with Crippen LogP contribution in [0.1, 0.15) is 48.1 Å². The van der Waals surface area contributed by atoms with Crippen LogP contribution in [-0.2, 0) is 27.2 Å². The van der Waals surface area contributed by atoms with Crippen molar-refractivity contribution in [1.82, 2.24) is 20.2 Å². The summed E-state index contributed by atoms with van der Waals surface area (Å²) in [5.41, 5.74) is 8.24. The van der Waals surface area contributed by atoms with Crippen molar-refractivity contribution in [3.63, 3.8) is 0 Å². The molecule has 0 saturated carbocycles. The highest BCUT2D eigenvalue weighted by atomic mass is 16.5. The lowest BCUT2D eigenvalue weighted by Crippen LogP contribution is -2.40. The van der Waals surface area contributed by atoms with Crippen LogP contribution in [-0.4, -0.2) is 60.8 Å². The van der Waals surface area contributed by atoms with Gasteiger partial charge in [0.1, 0.15) is 12.3 Å². The molecule has 3 aromatic rings. The molecule has 0 bridgehead atoms. The minimum absolute atomic E-state index is 0.0364. The summed E-state index contributed by atoms with van der Waals surface area (Å²) in [6.07, 6.45) is 4.85. The number of amides is 1. The first-order valence-electron chi connectivity index (χ1n) is 11.8. The summed E-state index contributed by atoms with van der Waals surface area (Å²) in [6, 6.07) is 6.91. The second-order valence-corrected chi connectivity index (χ2v) is 9.30. The number of nitrogens with one attached hydrogen (secondary N) is 2. The van der Waals surface area contributed by atoms with Crippen molar-refractivity contribution < 1.29 is 14.3 Å². The molecule has 7 heteroatoms. The van der Waals surface area contributed by atoms with Gasteiger partial charge in [-0.1, -0.05) is 19.9 Å². The van der Waals surface area contributed by atoms with Crippen LogP contribution >= 0.6 is 0 Å². The van der Waals surface area contributed by atoms with Gasteiger partial charge in [0.15, 0.2) is 0 Å². The lowest BCUT2D eigenvalue weighted by molar-refractivity contribution is -0.136. The highest BCUT2D eigenvalue weighted by molar-refractivity contribution is 5.85. The number of ether oxygens (including phenoxy) is 2. The van der Waals surface area contributed by atoms with Gasteiger partial charge in [-0.25, -0.2) is 4.98 Å². The number of rotatable bonds is 5. The molecule has 174 valence electrons. The van der Waals surface area contributed by atoms with Crippen LogP contribution in [0, 0.1) is 0 Å². The molecule has 2 aromatic heterocycles. The Hall–Kier alpha value is -2.74. The fourth-order valence-electron chi connectivity index (χ4n) is 5.03. The zero-order valence-electron chi connectivity index (χ0n) is 19.6. The molecular weight excluding hydrogens is 416 g/mol. The number of nitrogens with zero attached hydrogens (tertiary/aromatic N) is 2. The van der Waals surface area contributed by atoms with Gasteiger partial charge in [-0.05, 0) is 52.3 Å². The molecule has 4 heterocycles. The zero-order chi connectivity index (χ0) is 22.9. The minimum Gasteiger partial charge on any atom is -0.378 e.